The fourth-order valence-corrected chi connectivity index (χ4v) is 4.61. The molecule has 2 aromatic rings. The van der Waals surface area contributed by atoms with Gasteiger partial charge in [-0.3, -0.25) is 0 Å². The third kappa shape index (κ3) is 2.30. The Labute approximate surface area is 137 Å². The zero-order valence-electron chi connectivity index (χ0n) is 13.8. The second-order valence-corrected chi connectivity index (χ2v) is 8.15. The maximum absolute atomic E-state index is 11.8. The third-order valence-electron chi connectivity index (χ3n) is 5.03. The van der Waals surface area contributed by atoms with Crippen LogP contribution in [0.4, 0.5) is 5.69 Å². The number of rotatable bonds is 3. The smallest absolute Gasteiger partial charge is 0.246 e. The van der Waals surface area contributed by atoms with Gasteiger partial charge in [0.15, 0.2) is 15.8 Å². The van der Waals surface area contributed by atoms with Gasteiger partial charge in [0.05, 0.1) is 5.41 Å². The van der Waals surface area contributed by atoms with Crippen LogP contribution in [0, 0.1) is 0 Å². The lowest BCUT2D eigenvalue weighted by Crippen LogP contribution is -2.35. The first-order valence-electron chi connectivity index (χ1n) is 7.79. The molecule has 1 aliphatic heterocycles. The molecule has 0 fully saturated rings. The van der Waals surface area contributed by atoms with Gasteiger partial charge in [0.1, 0.15) is 0 Å². The van der Waals surface area contributed by atoms with E-state index in [4.69, 9.17) is 0 Å². The molecule has 0 N–H and O–H groups in total. The highest BCUT2D eigenvalue weighted by molar-refractivity contribution is 7.86. The molecular weight excluding hydrogens is 310 g/mol. The molecule has 0 radical (unpaired) electrons. The summed E-state index contributed by atoms with van der Waals surface area (Å²) in [6, 6.07) is 12.0. The van der Waals surface area contributed by atoms with Gasteiger partial charge in [0.2, 0.25) is 11.1 Å². The number of hydrogen-bond acceptors (Lipinski definition) is 3. The Morgan fingerprint density at radius 1 is 1.17 bits per heavy atom. The number of fused-ring (bicyclic) bond motifs is 3. The summed E-state index contributed by atoms with van der Waals surface area (Å²) in [5.74, 6) is 0. The molecule has 4 nitrogen and oxygen atoms in total. The molecule has 0 aliphatic carbocycles. The Hall–Kier alpha value is -1.72. The summed E-state index contributed by atoms with van der Waals surface area (Å²) in [6.07, 6.45) is 0.255. The van der Waals surface area contributed by atoms with Crippen molar-refractivity contribution in [2.24, 2.45) is 0 Å². The van der Waals surface area contributed by atoms with E-state index in [0.29, 0.717) is 0 Å². The first-order valence-corrected chi connectivity index (χ1v) is 9.27. The van der Waals surface area contributed by atoms with E-state index in [1.165, 1.54) is 0 Å². The van der Waals surface area contributed by atoms with Crippen LogP contribution < -0.4 is 0 Å². The molecule has 1 unspecified atom stereocenters. The van der Waals surface area contributed by atoms with Crippen molar-refractivity contribution in [1.82, 2.24) is 0 Å². The van der Waals surface area contributed by atoms with E-state index in [9.17, 15) is 13.0 Å². The van der Waals surface area contributed by atoms with E-state index in [-0.39, 0.29) is 11.8 Å². The zero-order chi connectivity index (χ0) is 17.0. The van der Waals surface area contributed by atoms with E-state index in [2.05, 4.69) is 19.9 Å². The minimum atomic E-state index is -4.42. The maximum Gasteiger partial charge on any atom is 0.246 e. The van der Waals surface area contributed by atoms with Crippen molar-refractivity contribution in [3.63, 3.8) is 0 Å². The summed E-state index contributed by atoms with van der Waals surface area (Å²) in [5.41, 5.74) is 2.50. The van der Waals surface area contributed by atoms with Crippen molar-refractivity contribution in [1.29, 1.82) is 0 Å². The summed E-state index contributed by atoms with van der Waals surface area (Å²) >= 11 is 0. The molecule has 5 heteroatoms. The highest BCUT2D eigenvalue weighted by atomic mass is 32.2. The van der Waals surface area contributed by atoms with Gasteiger partial charge in [-0.1, -0.05) is 31.2 Å². The maximum atomic E-state index is 11.8. The van der Waals surface area contributed by atoms with Crippen LogP contribution in [0.2, 0.25) is 0 Å². The second-order valence-electron chi connectivity index (χ2n) is 6.62. The van der Waals surface area contributed by atoms with Crippen molar-refractivity contribution in [2.75, 3.05) is 0 Å². The molecule has 0 saturated carbocycles. The van der Waals surface area contributed by atoms with Gasteiger partial charge < -0.3 is 4.55 Å². The summed E-state index contributed by atoms with van der Waals surface area (Å²) in [6.45, 7) is 7.82. The van der Waals surface area contributed by atoms with Crippen molar-refractivity contribution in [3.8, 4) is 0 Å². The lowest BCUT2D eigenvalue weighted by molar-refractivity contribution is -0.458. The quantitative estimate of drug-likeness (QED) is 0.638. The molecule has 0 saturated heterocycles. The van der Waals surface area contributed by atoms with E-state index in [0.717, 1.165) is 27.7 Å². The Morgan fingerprint density at radius 3 is 2.43 bits per heavy atom. The molecule has 2 aromatic carbocycles. The Balaban J connectivity index is 2.38. The van der Waals surface area contributed by atoms with Crippen LogP contribution in [0.15, 0.2) is 36.4 Å². The lowest BCUT2D eigenvalue weighted by atomic mass is 9.80. The SMILES string of the molecule is CCC([N+]1=C(C)C(C)(C)c2c1ccc1ccccc21)S(=O)(=O)[O-]. The van der Waals surface area contributed by atoms with Crippen LogP contribution >= 0.6 is 0 Å². The van der Waals surface area contributed by atoms with Gasteiger partial charge >= 0.3 is 0 Å². The molecule has 0 spiro atoms. The molecule has 3 rings (SSSR count). The first-order chi connectivity index (χ1) is 10.7. The minimum absolute atomic E-state index is 0.255. The normalized spacial score (nSPS) is 18.3. The molecule has 0 bridgehead atoms. The number of nitrogens with zero attached hydrogens (tertiary/aromatic N) is 1. The van der Waals surface area contributed by atoms with Gasteiger partial charge in [-0.25, -0.2) is 8.42 Å². The Kier molecular flexibility index (Phi) is 3.61. The molecule has 1 heterocycles. The van der Waals surface area contributed by atoms with Crippen molar-refractivity contribution in [3.05, 3.63) is 42.0 Å². The van der Waals surface area contributed by atoms with E-state index in [1.54, 1.807) is 11.5 Å². The summed E-state index contributed by atoms with van der Waals surface area (Å²) in [5, 5.41) is 1.16. The summed E-state index contributed by atoms with van der Waals surface area (Å²) < 4.78 is 37.0. The summed E-state index contributed by atoms with van der Waals surface area (Å²) in [7, 11) is -4.42. The molecule has 1 atom stereocenters. The van der Waals surface area contributed by atoms with E-state index < -0.39 is 15.5 Å². The molecule has 23 heavy (non-hydrogen) atoms. The minimum Gasteiger partial charge on any atom is -0.743 e. The van der Waals surface area contributed by atoms with Crippen LogP contribution in [-0.2, 0) is 15.5 Å². The van der Waals surface area contributed by atoms with Crippen LogP contribution in [-0.4, -0.2) is 28.6 Å². The number of hydrogen-bond donors (Lipinski definition) is 0. The summed E-state index contributed by atoms with van der Waals surface area (Å²) in [4.78, 5) is 0. The predicted octanol–water partition coefficient (Wildman–Crippen LogP) is 3.52. The van der Waals surface area contributed by atoms with E-state index >= 15 is 0 Å². The fraction of sp³-hybridized carbons (Fsp3) is 0.389. The Bertz CT molecular complexity index is 926. The van der Waals surface area contributed by atoms with Crippen molar-refractivity contribution in [2.45, 2.75) is 44.9 Å². The van der Waals surface area contributed by atoms with Gasteiger partial charge in [-0.15, -0.1) is 0 Å². The molecule has 122 valence electrons. The topological polar surface area (TPSA) is 60.2 Å². The predicted molar refractivity (Wildman–Crippen MR) is 91.4 cm³/mol. The largest absolute Gasteiger partial charge is 0.743 e. The second kappa shape index (κ2) is 5.14. The van der Waals surface area contributed by atoms with Gasteiger partial charge in [-0.05, 0) is 30.7 Å². The fourth-order valence-electron chi connectivity index (χ4n) is 3.67. The van der Waals surface area contributed by atoms with Crippen LogP contribution in [0.3, 0.4) is 0 Å². The van der Waals surface area contributed by atoms with Gasteiger partial charge in [0.25, 0.3) is 0 Å². The lowest BCUT2D eigenvalue weighted by Gasteiger charge is -2.18. The van der Waals surface area contributed by atoms with Crippen LogP contribution in [0.5, 0.6) is 0 Å². The van der Waals surface area contributed by atoms with Gasteiger partial charge in [-0.2, -0.15) is 4.58 Å². The molecular formula is C18H21NO3S. The van der Waals surface area contributed by atoms with Crippen LogP contribution in [0.25, 0.3) is 10.8 Å². The highest BCUT2D eigenvalue weighted by Crippen LogP contribution is 2.45. The average molecular weight is 331 g/mol. The zero-order valence-corrected chi connectivity index (χ0v) is 14.6. The van der Waals surface area contributed by atoms with Crippen LogP contribution in [0.1, 0.15) is 39.7 Å². The molecule has 1 aliphatic rings. The van der Waals surface area contributed by atoms with Crippen molar-refractivity contribution >= 4 is 32.3 Å². The van der Waals surface area contributed by atoms with Gasteiger partial charge in [0, 0.05) is 25.0 Å². The third-order valence-corrected chi connectivity index (χ3v) is 6.24. The first kappa shape index (κ1) is 16.1. The standard InChI is InChI=1S/C18H21NO3S/c1-5-16(23(20,21)22)19-12(2)18(3,4)17-14-9-7-6-8-13(14)10-11-15(17)19/h6-11,16H,5H2,1-4H3. The Morgan fingerprint density at radius 2 is 1.83 bits per heavy atom. The molecule has 0 aromatic heterocycles. The monoisotopic (exact) mass is 331 g/mol. The van der Waals surface area contributed by atoms with Crippen molar-refractivity contribution < 1.29 is 17.5 Å². The van der Waals surface area contributed by atoms with E-state index in [1.807, 2.05) is 37.3 Å². The highest BCUT2D eigenvalue weighted by Gasteiger charge is 2.47. The average Bonchev–Trinajstić information content (AvgIpc) is 2.68. The molecule has 0 amide bonds. The number of benzene rings is 2.